The quantitative estimate of drug-likeness (QED) is 0.483. The molecule has 2 N–H and O–H groups in total. The first kappa shape index (κ1) is 24.5. The van der Waals surface area contributed by atoms with E-state index in [0.29, 0.717) is 36.7 Å². The maximum Gasteiger partial charge on any atom is 0.268 e. The molecule has 8 heteroatoms. The molecule has 0 radical (unpaired) electrons. The minimum Gasteiger partial charge on any atom is -0.481 e. The van der Waals surface area contributed by atoms with E-state index in [1.165, 1.54) is 0 Å². The molecule has 8 nitrogen and oxygen atoms in total. The van der Waals surface area contributed by atoms with Crippen LogP contribution in [0.2, 0.25) is 0 Å². The summed E-state index contributed by atoms with van der Waals surface area (Å²) in [5, 5.41) is 6.21. The third-order valence-electron chi connectivity index (χ3n) is 6.32. The van der Waals surface area contributed by atoms with Crippen LogP contribution in [0.4, 0.5) is 0 Å². The molecular formula is C27H32N4O4. The number of nitrogens with one attached hydrogen (secondary N) is 2. The van der Waals surface area contributed by atoms with Crippen LogP contribution in [0.15, 0.2) is 54.6 Å². The summed E-state index contributed by atoms with van der Waals surface area (Å²) in [4.78, 5) is 31.2. The summed E-state index contributed by atoms with van der Waals surface area (Å²) < 4.78 is 12.8. The molecule has 2 aromatic heterocycles. The first-order chi connectivity index (χ1) is 17.0. The molecule has 0 saturated heterocycles. The predicted molar refractivity (Wildman–Crippen MR) is 132 cm³/mol. The molecule has 0 bridgehead atoms. The summed E-state index contributed by atoms with van der Waals surface area (Å²) in [6, 6.07) is 16.6. The fourth-order valence-electron chi connectivity index (χ4n) is 4.41. The van der Waals surface area contributed by atoms with Crippen molar-refractivity contribution >= 4 is 11.8 Å². The van der Waals surface area contributed by atoms with Crippen molar-refractivity contribution < 1.29 is 19.1 Å². The van der Waals surface area contributed by atoms with E-state index in [4.69, 9.17) is 9.47 Å². The Morgan fingerprint density at radius 3 is 2.49 bits per heavy atom. The summed E-state index contributed by atoms with van der Waals surface area (Å²) in [6.45, 7) is 5.30. The molecule has 4 rings (SSSR count). The van der Waals surface area contributed by atoms with Crippen LogP contribution in [0.25, 0.3) is 0 Å². The zero-order valence-corrected chi connectivity index (χ0v) is 20.4. The van der Waals surface area contributed by atoms with Gasteiger partial charge in [0.1, 0.15) is 5.69 Å². The molecule has 0 aliphatic carbocycles. The Hall–Kier alpha value is -3.65. The van der Waals surface area contributed by atoms with Crippen LogP contribution >= 0.6 is 0 Å². The fourth-order valence-corrected chi connectivity index (χ4v) is 4.41. The molecule has 184 valence electrons. The standard InChI is InChI=1S/C27H32N4O4/c1-4-20(18-10-7-6-8-11-18)29-26(32)19-16-23(31-14-15-35-17-24(19)31)27(33)30-21(5-2)22-12-9-13-25(28-22)34-3/h6-13,16,20-21H,4-5,14-15,17H2,1-3H3,(H,29,32)(H,30,33)/t20-,21?/m1/s1. The number of aromatic nitrogens is 2. The van der Waals surface area contributed by atoms with E-state index in [2.05, 4.69) is 15.6 Å². The lowest BCUT2D eigenvalue weighted by atomic mass is 10.0. The van der Waals surface area contributed by atoms with Crippen molar-refractivity contribution in [3.63, 3.8) is 0 Å². The highest BCUT2D eigenvalue weighted by Gasteiger charge is 2.28. The smallest absolute Gasteiger partial charge is 0.268 e. The molecule has 1 unspecified atom stereocenters. The van der Waals surface area contributed by atoms with Gasteiger partial charge in [0.2, 0.25) is 5.88 Å². The second kappa shape index (κ2) is 11.2. The van der Waals surface area contributed by atoms with Crippen molar-refractivity contribution in [2.45, 2.75) is 51.9 Å². The van der Waals surface area contributed by atoms with Gasteiger partial charge in [0.15, 0.2) is 0 Å². The van der Waals surface area contributed by atoms with Gasteiger partial charge in [-0.25, -0.2) is 4.98 Å². The Morgan fingerprint density at radius 2 is 1.77 bits per heavy atom. The van der Waals surface area contributed by atoms with E-state index in [0.717, 1.165) is 23.4 Å². The van der Waals surface area contributed by atoms with Gasteiger partial charge < -0.3 is 24.7 Å². The van der Waals surface area contributed by atoms with Crippen molar-refractivity contribution in [1.29, 1.82) is 0 Å². The zero-order chi connectivity index (χ0) is 24.8. The van der Waals surface area contributed by atoms with Gasteiger partial charge in [-0.3, -0.25) is 9.59 Å². The Morgan fingerprint density at radius 1 is 1.03 bits per heavy atom. The number of rotatable bonds is 9. The molecule has 35 heavy (non-hydrogen) atoms. The number of amides is 2. The van der Waals surface area contributed by atoms with Crippen LogP contribution < -0.4 is 15.4 Å². The minimum absolute atomic E-state index is 0.121. The van der Waals surface area contributed by atoms with E-state index in [9.17, 15) is 9.59 Å². The van der Waals surface area contributed by atoms with E-state index >= 15 is 0 Å². The lowest BCUT2D eigenvalue weighted by Crippen LogP contribution is -2.32. The summed E-state index contributed by atoms with van der Waals surface area (Å²) in [7, 11) is 1.56. The Bertz CT molecular complexity index is 1180. The average molecular weight is 477 g/mol. The molecule has 0 spiro atoms. The third kappa shape index (κ3) is 5.38. The Labute approximate surface area is 205 Å². The van der Waals surface area contributed by atoms with Gasteiger partial charge in [-0.2, -0.15) is 0 Å². The molecule has 0 saturated carbocycles. The predicted octanol–water partition coefficient (Wildman–Crippen LogP) is 4.18. The third-order valence-corrected chi connectivity index (χ3v) is 6.32. The fraction of sp³-hybridized carbons (Fsp3) is 0.370. The lowest BCUT2D eigenvalue weighted by Gasteiger charge is -2.21. The van der Waals surface area contributed by atoms with Crippen molar-refractivity contribution in [2.75, 3.05) is 13.7 Å². The van der Waals surface area contributed by atoms with Crippen LogP contribution in [0.3, 0.4) is 0 Å². The van der Waals surface area contributed by atoms with Crippen LogP contribution in [-0.4, -0.2) is 35.1 Å². The maximum atomic E-state index is 13.4. The van der Waals surface area contributed by atoms with E-state index in [1.807, 2.05) is 60.9 Å². The summed E-state index contributed by atoms with van der Waals surface area (Å²) >= 11 is 0. The van der Waals surface area contributed by atoms with Gasteiger partial charge in [-0.05, 0) is 30.5 Å². The van der Waals surface area contributed by atoms with Gasteiger partial charge in [0, 0.05) is 12.6 Å². The molecule has 3 heterocycles. The largest absolute Gasteiger partial charge is 0.481 e. The van der Waals surface area contributed by atoms with Gasteiger partial charge in [-0.1, -0.05) is 50.2 Å². The van der Waals surface area contributed by atoms with Crippen molar-refractivity contribution in [2.24, 2.45) is 0 Å². The zero-order valence-electron chi connectivity index (χ0n) is 20.4. The SMILES string of the molecule is CCC(NC(=O)c1cc(C(=O)N[C@H](CC)c2ccccc2)c2n1CCOC2)c1cccc(OC)n1. The van der Waals surface area contributed by atoms with Crippen molar-refractivity contribution in [1.82, 2.24) is 20.2 Å². The number of ether oxygens (including phenoxy) is 2. The normalized spacial score (nSPS) is 14.5. The molecule has 2 atom stereocenters. The molecule has 1 aliphatic rings. The van der Waals surface area contributed by atoms with Crippen LogP contribution in [0.5, 0.6) is 5.88 Å². The Balaban J connectivity index is 1.58. The average Bonchev–Trinajstić information content (AvgIpc) is 3.30. The minimum atomic E-state index is -0.289. The lowest BCUT2D eigenvalue weighted by molar-refractivity contribution is 0.0773. The Kier molecular flexibility index (Phi) is 7.82. The van der Waals surface area contributed by atoms with Gasteiger partial charge in [0.25, 0.3) is 11.8 Å². The van der Waals surface area contributed by atoms with Crippen LogP contribution in [0.1, 0.15) is 76.6 Å². The van der Waals surface area contributed by atoms with Gasteiger partial charge in [-0.15, -0.1) is 0 Å². The van der Waals surface area contributed by atoms with Gasteiger partial charge >= 0.3 is 0 Å². The van der Waals surface area contributed by atoms with E-state index < -0.39 is 0 Å². The topological polar surface area (TPSA) is 94.5 Å². The number of pyridine rings is 1. The molecule has 0 fully saturated rings. The number of nitrogens with zero attached hydrogens (tertiary/aromatic N) is 2. The molecule has 1 aliphatic heterocycles. The van der Waals surface area contributed by atoms with Crippen LogP contribution in [-0.2, 0) is 17.9 Å². The van der Waals surface area contributed by atoms with Gasteiger partial charge in [0.05, 0.1) is 49.4 Å². The highest BCUT2D eigenvalue weighted by atomic mass is 16.5. The molecule has 2 amide bonds. The maximum absolute atomic E-state index is 13.4. The highest BCUT2D eigenvalue weighted by Crippen LogP contribution is 2.25. The number of carbonyl (C=O) groups is 2. The van der Waals surface area contributed by atoms with Crippen LogP contribution in [0, 0.1) is 0 Å². The molecule has 1 aromatic carbocycles. The summed E-state index contributed by atoms with van der Waals surface area (Å²) in [6.07, 6.45) is 1.41. The number of carbonyl (C=O) groups excluding carboxylic acids is 2. The molecular weight excluding hydrogens is 444 g/mol. The summed E-state index contributed by atoms with van der Waals surface area (Å²) in [5.41, 5.74) is 3.40. The number of hydrogen-bond acceptors (Lipinski definition) is 5. The van der Waals surface area contributed by atoms with E-state index in [-0.39, 0.29) is 30.5 Å². The molecule has 3 aromatic rings. The number of fused-ring (bicyclic) bond motifs is 1. The van der Waals surface area contributed by atoms with Crippen molar-refractivity contribution in [3.8, 4) is 5.88 Å². The van der Waals surface area contributed by atoms with E-state index in [1.54, 1.807) is 19.2 Å². The first-order valence-corrected chi connectivity index (χ1v) is 12.0. The number of benzene rings is 1. The number of hydrogen-bond donors (Lipinski definition) is 2. The number of methoxy groups -OCH3 is 1. The monoisotopic (exact) mass is 476 g/mol. The first-order valence-electron chi connectivity index (χ1n) is 12.0. The summed E-state index contributed by atoms with van der Waals surface area (Å²) in [5.74, 6) is 0.0320. The van der Waals surface area contributed by atoms with Crippen molar-refractivity contribution in [3.05, 3.63) is 82.8 Å². The second-order valence-corrected chi connectivity index (χ2v) is 8.48. The second-order valence-electron chi connectivity index (χ2n) is 8.48. The highest BCUT2D eigenvalue weighted by molar-refractivity contribution is 6.01.